The average molecular weight is 475 g/mol. The van der Waals surface area contributed by atoms with Crippen molar-refractivity contribution < 1.29 is 13.2 Å². The number of hydrogen-bond acceptors (Lipinski definition) is 5. The van der Waals surface area contributed by atoms with Crippen LogP contribution in [0.15, 0.2) is 34.0 Å². The van der Waals surface area contributed by atoms with Crippen molar-refractivity contribution in [3.05, 3.63) is 40.2 Å². The highest BCUT2D eigenvalue weighted by molar-refractivity contribution is 7.89. The minimum Gasteiger partial charge on any atom is -0.351 e. The van der Waals surface area contributed by atoms with E-state index in [1.807, 2.05) is 6.92 Å². The summed E-state index contributed by atoms with van der Waals surface area (Å²) in [6.07, 6.45) is 6.28. The van der Waals surface area contributed by atoms with E-state index in [1.165, 1.54) is 37.5 Å². The van der Waals surface area contributed by atoms with E-state index in [9.17, 15) is 18.0 Å². The molecule has 1 aromatic heterocycles. The maximum Gasteiger partial charge on any atom is 0.252 e. The monoisotopic (exact) mass is 474 g/mol. The zero-order valence-corrected chi connectivity index (χ0v) is 20.3. The first-order chi connectivity index (χ1) is 15.8. The quantitative estimate of drug-likeness (QED) is 0.670. The maximum absolute atomic E-state index is 13.3. The topological polar surface area (TPSA) is 103 Å². The Morgan fingerprint density at radius 2 is 1.79 bits per heavy atom. The summed E-state index contributed by atoms with van der Waals surface area (Å²) < 4.78 is 28.2. The molecule has 2 fully saturated rings. The third-order valence-corrected chi connectivity index (χ3v) is 9.04. The summed E-state index contributed by atoms with van der Waals surface area (Å²) in [5.41, 5.74) is 0.254. The maximum atomic E-state index is 13.3. The second-order valence-corrected chi connectivity index (χ2v) is 11.2. The van der Waals surface area contributed by atoms with Crippen LogP contribution in [0.25, 0.3) is 10.9 Å². The van der Waals surface area contributed by atoms with Gasteiger partial charge < -0.3 is 10.3 Å². The first-order valence-electron chi connectivity index (χ1n) is 12.0. The lowest BCUT2D eigenvalue weighted by Crippen LogP contribution is -2.42. The molecule has 2 saturated heterocycles. The molecule has 2 aliphatic heterocycles. The Bertz CT molecular complexity index is 1180. The van der Waals surface area contributed by atoms with Crippen LogP contribution in [0.4, 0.5) is 0 Å². The van der Waals surface area contributed by atoms with Gasteiger partial charge in [-0.15, -0.1) is 0 Å². The number of sulfonamides is 1. The molecule has 2 aliphatic rings. The molecular formula is C24H34N4O4S. The number of H-pyrrole nitrogens is 1. The van der Waals surface area contributed by atoms with Crippen molar-refractivity contribution >= 4 is 26.8 Å². The number of aromatic nitrogens is 1. The number of hydrogen-bond donors (Lipinski definition) is 2. The van der Waals surface area contributed by atoms with Gasteiger partial charge >= 0.3 is 0 Å². The van der Waals surface area contributed by atoms with E-state index >= 15 is 0 Å². The summed E-state index contributed by atoms with van der Waals surface area (Å²) in [6, 6.07) is 6.29. The lowest BCUT2D eigenvalue weighted by molar-refractivity contribution is 0.0940. The van der Waals surface area contributed by atoms with Crippen molar-refractivity contribution in [3.8, 4) is 0 Å². The summed E-state index contributed by atoms with van der Waals surface area (Å²) in [4.78, 5) is 30.4. The number of amides is 1. The molecule has 9 heteroatoms. The van der Waals surface area contributed by atoms with Crippen LogP contribution >= 0.6 is 0 Å². The van der Waals surface area contributed by atoms with Gasteiger partial charge in [-0.1, -0.05) is 12.8 Å². The molecule has 0 aliphatic carbocycles. The Balaban J connectivity index is 1.58. The van der Waals surface area contributed by atoms with Crippen molar-refractivity contribution in [2.75, 3.05) is 26.2 Å². The predicted octanol–water partition coefficient (Wildman–Crippen LogP) is 2.70. The Morgan fingerprint density at radius 1 is 1.06 bits per heavy atom. The molecule has 33 heavy (non-hydrogen) atoms. The highest BCUT2D eigenvalue weighted by Crippen LogP contribution is 2.27. The molecule has 2 N–H and O–H groups in total. The lowest BCUT2D eigenvalue weighted by Gasteiger charge is -2.33. The van der Waals surface area contributed by atoms with Gasteiger partial charge in [-0.2, -0.15) is 4.31 Å². The normalized spacial score (nSPS) is 23.0. The van der Waals surface area contributed by atoms with E-state index in [-0.39, 0.29) is 22.4 Å². The SMILES string of the molecule is C[C@H]1CCCCN1CCNC(=O)c1cc(=O)[nH]c2ccc(S(=O)(=O)N3CCCC[C@@H]3C)cc12. The molecule has 0 saturated carbocycles. The molecule has 0 bridgehead atoms. The van der Waals surface area contributed by atoms with Crippen LogP contribution in [0, 0.1) is 0 Å². The van der Waals surface area contributed by atoms with E-state index in [0.717, 1.165) is 32.4 Å². The van der Waals surface area contributed by atoms with Gasteiger partial charge in [0.25, 0.3) is 5.91 Å². The molecular weight excluding hydrogens is 440 g/mol. The number of pyridine rings is 1. The molecule has 4 rings (SSSR count). The van der Waals surface area contributed by atoms with Crippen molar-refractivity contribution in [1.82, 2.24) is 19.5 Å². The standard InChI is InChI=1S/C24H34N4O4S/c1-17-7-3-5-12-27(17)14-11-25-24(30)21-16-23(29)26-22-10-9-19(15-20(21)22)33(31,32)28-13-6-4-8-18(28)2/h9-10,15-18H,3-8,11-14H2,1-2H3,(H,25,30)(H,26,29)/t17-,18-/m0/s1. The molecule has 180 valence electrons. The Hall–Kier alpha value is -2.23. The fourth-order valence-corrected chi connectivity index (χ4v) is 6.77. The number of piperidine rings is 2. The van der Waals surface area contributed by atoms with Crippen LogP contribution in [0.2, 0.25) is 0 Å². The predicted molar refractivity (Wildman–Crippen MR) is 129 cm³/mol. The molecule has 0 spiro atoms. The first-order valence-corrected chi connectivity index (χ1v) is 13.4. The van der Waals surface area contributed by atoms with Crippen LogP contribution in [-0.2, 0) is 10.0 Å². The lowest BCUT2D eigenvalue weighted by atomic mass is 10.0. The van der Waals surface area contributed by atoms with Gasteiger partial charge in [-0.3, -0.25) is 14.5 Å². The molecule has 0 radical (unpaired) electrons. The highest BCUT2D eigenvalue weighted by Gasteiger charge is 2.31. The fraction of sp³-hybridized carbons (Fsp3) is 0.583. The van der Waals surface area contributed by atoms with E-state index in [2.05, 4.69) is 22.1 Å². The van der Waals surface area contributed by atoms with Crippen LogP contribution in [0.1, 0.15) is 62.7 Å². The second kappa shape index (κ2) is 9.95. The van der Waals surface area contributed by atoms with E-state index < -0.39 is 15.6 Å². The number of aromatic amines is 1. The van der Waals surface area contributed by atoms with Gasteiger partial charge in [0.05, 0.1) is 10.5 Å². The van der Waals surface area contributed by atoms with E-state index in [0.29, 0.717) is 30.0 Å². The van der Waals surface area contributed by atoms with Crippen molar-refractivity contribution in [2.24, 2.45) is 0 Å². The van der Waals surface area contributed by atoms with Gasteiger partial charge in [0.2, 0.25) is 15.6 Å². The van der Waals surface area contributed by atoms with Gasteiger partial charge in [0, 0.05) is 48.7 Å². The minimum atomic E-state index is -3.69. The first kappa shape index (κ1) is 23.9. The number of carbonyl (C=O) groups excluding carboxylic acids is 1. The smallest absolute Gasteiger partial charge is 0.252 e. The number of fused-ring (bicyclic) bond motifs is 1. The third kappa shape index (κ3) is 5.15. The fourth-order valence-electron chi connectivity index (χ4n) is 5.04. The number of likely N-dealkylation sites (tertiary alicyclic amines) is 1. The van der Waals surface area contributed by atoms with E-state index in [1.54, 1.807) is 10.4 Å². The van der Waals surface area contributed by atoms with Crippen LogP contribution in [0.3, 0.4) is 0 Å². The van der Waals surface area contributed by atoms with E-state index in [4.69, 9.17) is 0 Å². The second-order valence-electron chi connectivity index (χ2n) is 9.35. The van der Waals surface area contributed by atoms with Gasteiger partial charge in [0.1, 0.15) is 0 Å². The molecule has 2 aromatic rings. The van der Waals surface area contributed by atoms with Gasteiger partial charge in [-0.05, 0) is 64.3 Å². The number of carbonyl (C=O) groups is 1. The number of rotatable bonds is 6. The number of nitrogens with zero attached hydrogens (tertiary/aromatic N) is 2. The summed E-state index contributed by atoms with van der Waals surface area (Å²) in [6.45, 7) is 6.88. The van der Waals surface area contributed by atoms with Crippen molar-refractivity contribution in [3.63, 3.8) is 0 Å². The molecule has 1 amide bonds. The average Bonchev–Trinajstić information content (AvgIpc) is 2.79. The molecule has 2 atom stereocenters. The van der Waals surface area contributed by atoms with Crippen LogP contribution < -0.4 is 10.9 Å². The summed E-state index contributed by atoms with van der Waals surface area (Å²) >= 11 is 0. The highest BCUT2D eigenvalue weighted by atomic mass is 32.2. The minimum absolute atomic E-state index is 0.0602. The third-order valence-electron chi connectivity index (χ3n) is 7.03. The summed E-state index contributed by atoms with van der Waals surface area (Å²) in [5.74, 6) is -0.364. The Labute approximate surface area is 195 Å². The summed E-state index contributed by atoms with van der Waals surface area (Å²) in [5, 5.41) is 3.36. The number of benzene rings is 1. The summed E-state index contributed by atoms with van der Waals surface area (Å²) in [7, 11) is -3.69. The van der Waals surface area contributed by atoms with Crippen molar-refractivity contribution in [2.45, 2.75) is 69.4 Å². The number of nitrogens with one attached hydrogen (secondary N) is 2. The Morgan fingerprint density at radius 3 is 2.52 bits per heavy atom. The van der Waals surface area contributed by atoms with Crippen LogP contribution in [0.5, 0.6) is 0 Å². The molecule has 0 unspecified atom stereocenters. The zero-order valence-electron chi connectivity index (χ0n) is 19.5. The molecule has 3 heterocycles. The van der Waals surface area contributed by atoms with Gasteiger partial charge in [-0.25, -0.2) is 8.42 Å². The van der Waals surface area contributed by atoms with Gasteiger partial charge in [0.15, 0.2) is 0 Å². The van der Waals surface area contributed by atoms with Crippen LogP contribution in [-0.4, -0.2) is 66.8 Å². The Kier molecular flexibility index (Phi) is 7.21. The van der Waals surface area contributed by atoms with Crippen molar-refractivity contribution in [1.29, 1.82) is 0 Å². The molecule has 8 nitrogen and oxygen atoms in total. The zero-order chi connectivity index (χ0) is 23.6. The molecule has 1 aromatic carbocycles. The largest absolute Gasteiger partial charge is 0.351 e.